The second kappa shape index (κ2) is 4.32. The molecule has 0 spiro atoms. The average Bonchev–Trinajstić information content (AvgIpc) is 2.94. The highest BCUT2D eigenvalue weighted by Crippen LogP contribution is 2.30. The minimum atomic E-state index is 0.164. The zero-order valence-electron chi connectivity index (χ0n) is 7.87. The number of ether oxygens (including phenoxy) is 1. The number of hydrogen-bond donors (Lipinski definition) is 1. The molecule has 1 aliphatic carbocycles. The van der Waals surface area contributed by atoms with Crippen LogP contribution in [0.4, 0.5) is 0 Å². The van der Waals surface area contributed by atoms with Crippen LogP contribution in [0.2, 0.25) is 0 Å². The molecule has 2 nitrogen and oxygen atoms in total. The number of hydrogen-bond acceptors (Lipinski definition) is 2. The minimum Gasteiger partial charge on any atom is -0.490 e. The lowest BCUT2D eigenvalue weighted by Gasteiger charge is -2.10. The van der Waals surface area contributed by atoms with Gasteiger partial charge in [0.2, 0.25) is 0 Å². The first-order valence-corrected chi connectivity index (χ1v) is 5.65. The van der Waals surface area contributed by atoms with E-state index in [2.05, 4.69) is 15.9 Å². The van der Waals surface area contributed by atoms with Crippen molar-refractivity contribution >= 4 is 15.9 Å². The molecule has 0 unspecified atom stereocenters. The van der Waals surface area contributed by atoms with Crippen LogP contribution in [0.5, 0.6) is 5.75 Å². The van der Waals surface area contributed by atoms with Gasteiger partial charge in [-0.15, -0.1) is 0 Å². The van der Waals surface area contributed by atoms with Gasteiger partial charge in [-0.1, -0.05) is 15.9 Å². The van der Waals surface area contributed by atoms with Crippen LogP contribution in [-0.2, 0) is 6.42 Å². The topological polar surface area (TPSA) is 29.5 Å². The summed E-state index contributed by atoms with van der Waals surface area (Å²) in [6, 6.07) is 5.94. The highest BCUT2D eigenvalue weighted by molar-refractivity contribution is 9.10. The number of benzene rings is 1. The third-order valence-corrected chi connectivity index (χ3v) is 2.71. The molecular weight excluding hydrogens is 244 g/mol. The molecule has 3 heteroatoms. The largest absolute Gasteiger partial charge is 0.490 e. The van der Waals surface area contributed by atoms with Crippen molar-refractivity contribution in [3.05, 3.63) is 28.2 Å². The fraction of sp³-hybridized carbons (Fsp3) is 0.455. The number of rotatable bonds is 4. The maximum Gasteiger partial charge on any atom is 0.123 e. The Balaban J connectivity index is 2.17. The summed E-state index contributed by atoms with van der Waals surface area (Å²) in [6.45, 7) is 0.164. The Bertz CT molecular complexity index is 321. The summed E-state index contributed by atoms with van der Waals surface area (Å²) in [5.41, 5.74) is 1.08. The molecular formula is C11H13BrO2. The number of aliphatic hydroxyl groups is 1. The lowest BCUT2D eigenvalue weighted by molar-refractivity contribution is 0.282. The molecule has 0 aromatic heterocycles. The molecule has 0 amide bonds. The van der Waals surface area contributed by atoms with E-state index in [4.69, 9.17) is 9.84 Å². The summed E-state index contributed by atoms with van der Waals surface area (Å²) in [5, 5.41) is 8.91. The van der Waals surface area contributed by atoms with Crippen LogP contribution in [0.3, 0.4) is 0 Å². The fourth-order valence-corrected chi connectivity index (χ4v) is 1.75. The molecule has 0 aliphatic heterocycles. The Morgan fingerprint density at radius 1 is 1.43 bits per heavy atom. The molecule has 1 fully saturated rings. The molecule has 1 N–H and O–H groups in total. The van der Waals surface area contributed by atoms with Gasteiger partial charge in [0, 0.05) is 11.1 Å². The van der Waals surface area contributed by atoms with E-state index < -0.39 is 0 Å². The van der Waals surface area contributed by atoms with E-state index in [0.717, 1.165) is 28.6 Å². The van der Waals surface area contributed by atoms with Crippen molar-refractivity contribution in [2.45, 2.75) is 25.4 Å². The first kappa shape index (κ1) is 9.99. The molecule has 0 atom stereocenters. The Morgan fingerprint density at radius 3 is 2.86 bits per heavy atom. The third kappa shape index (κ3) is 2.49. The van der Waals surface area contributed by atoms with Crippen molar-refractivity contribution in [3.8, 4) is 5.75 Å². The van der Waals surface area contributed by atoms with Crippen molar-refractivity contribution in [1.29, 1.82) is 0 Å². The number of aliphatic hydroxyl groups excluding tert-OH is 1. The maximum absolute atomic E-state index is 8.91. The average molecular weight is 257 g/mol. The molecule has 76 valence electrons. The van der Waals surface area contributed by atoms with Crippen LogP contribution < -0.4 is 4.74 Å². The van der Waals surface area contributed by atoms with Crippen LogP contribution >= 0.6 is 15.9 Å². The van der Waals surface area contributed by atoms with Gasteiger partial charge in [-0.05, 0) is 43.0 Å². The van der Waals surface area contributed by atoms with E-state index in [0.29, 0.717) is 12.5 Å². The standard InChI is InChI=1S/C11H13BrO2/c12-9-1-4-11(14-10-2-3-10)8(7-9)5-6-13/h1,4,7,10,13H,2-3,5-6H2. The van der Waals surface area contributed by atoms with Gasteiger partial charge >= 0.3 is 0 Å². The zero-order valence-corrected chi connectivity index (χ0v) is 9.46. The molecule has 1 aromatic carbocycles. The van der Waals surface area contributed by atoms with Crippen molar-refractivity contribution in [1.82, 2.24) is 0 Å². The first-order chi connectivity index (χ1) is 6.79. The molecule has 0 heterocycles. The predicted molar refractivity (Wildman–Crippen MR) is 58.6 cm³/mol. The Hall–Kier alpha value is -0.540. The van der Waals surface area contributed by atoms with E-state index >= 15 is 0 Å². The smallest absolute Gasteiger partial charge is 0.123 e. The van der Waals surface area contributed by atoms with E-state index in [9.17, 15) is 0 Å². The van der Waals surface area contributed by atoms with E-state index in [1.165, 1.54) is 0 Å². The van der Waals surface area contributed by atoms with Gasteiger partial charge in [0.05, 0.1) is 6.10 Å². The summed E-state index contributed by atoms with van der Waals surface area (Å²) < 4.78 is 6.76. The van der Waals surface area contributed by atoms with Crippen molar-refractivity contribution in [3.63, 3.8) is 0 Å². The molecule has 1 saturated carbocycles. The molecule has 1 aromatic rings. The van der Waals surface area contributed by atoms with Crippen molar-refractivity contribution in [2.75, 3.05) is 6.61 Å². The van der Waals surface area contributed by atoms with Crippen LogP contribution in [0.1, 0.15) is 18.4 Å². The molecule has 1 aliphatic rings. The van der Waals surface area contributed by atoms with Crippen molar-refractivity contribution in [2.24, 2.45) is 0 Å². The van der Waals surface area contributed by atoms with E-state index in [-0.39, 0.29) is 6.61 Å². The molecule has 14 heavy (non-hydrogen) atoms. The van der Waals surface area contributed by atoms with E-state index in [1.807, 2.05) is 18.2 Å². The maximum atomic E-state index is 8.91. The third-order valence-electron chi connectivity index (χ3n) is 2.22. The zero-order chi connectivity index (χ0) is 9.97. The Labute approximate surface area is 92.0 Å². The summed E-state index contributed by atoms with van der Waals surface area (Å²) in [4.78, 5) is 0. The SMILES string of the molecule is OCCc1cc(Br)ccc1OC1CC1. The van der Waals surface area contributed by atoms with Crippen LogP contribution in [0, 0.1) is 0 Å². The van der Waals surface area contributed by atoms with Gasteiger partial charge in [0.1, 0.15) is 5.75 Å². The molecule has 0 radical (unpaired) electrons. The number of halogens is 1. The highest BCUT2D eigenvalue weighted by Gasteiger charge is 2.24. The molecule has 2 rings (SSSR count). The van der Waals surface area contributed by atoms with Gasteiger partial charge in [0.25, 0.3) is 0 Å². The first-order valence-electron chi connectivity index (χ1n) is 4.85. The fourth-order valence-electron chi connectivity index (χ4n) is 1.34. The molecule has 0 bridgehead atoms. The Kier molecular flexibility index (Phi) is 3.08. The second-order valence-corrected chi connectivity index (χ2v) is 4.46. The van der Waals surface area contributed by atoms with Gasteiger partial charge in [-0.3, -0.25) is 0 Å². The lowest BCUT2D eigenvalue weighted by atomic mass is 10.1. The minimum absolute atomic E-state index is 0.164. The van der Waals surface area contributed by atoms with E-state index in [1.54, 1.807) is 0 Å². The monoisotopic (exact) mass is 256 g/mol. The molecule has 0 saturated heterocycles. The summed E-state index contributed by atoms with van der Waals surface area (Å²) >= 11 is 3.41. The van der Waals surface area contributed by atoms with Gasteiger partial charge < -0.3 is 9.84 Å². The van der Waals surface area contributed by atoms with Gasteiger partial charge in [-0.25, -0.2) is 0 Å². The Morgan fingerprint density at radius 2 is 2.21 bits per heavy atom. The van der Waals surface area contributed by atoms with Crippen molar-refractivity contribution < 1.29 is 9.84 Å². The second-order valence-electron chi connectivity index (χ2n) is 3.54. The van der Waals surface area contributed by atoms with Crippen LogP contribution in [0.25, 0.3) is 0 Å². The highest BCUT2D eigenvalue weighted by atomic mass is 79.9. The van der Waals surface area contributed by atoms with Gasteiger partial charge in [-0.2, -0.15) is 0 Å². The lowest BCUT2D eigenvalue weighted by Crippen LogP contribution is -2.01. The summed E-state index contributed by atoms with van der Waals surface area (Å²) in [5.74, 6) is 0.921. The van der Waals surface area contributed by atoms with Crippen LogP contribution in [-0.4, -0.2) is 17.8 Å². The van der Waals surface area contributed by atoms with Gasteiger partial charge in [0.15, 0.2) is 0 Å². The summed E-state index contributed by atoms with van der Waals surface area (Å²) in [7, 11) is 0. The van der Waals surface area contributed by atoms with Crippen LogP contribution in [0.15, 0.2) is 22.7 Å². The predicted octanol–water partition coefficient (Wildman–Crippen LogP) is 2.53. The quantitative estimate of drug-likeness (QED) is 0.898. The normalized spacial score (nSPS) is 15.6. The summed E-state index contributed by atoms with van der Waals surface area (Å²) in [6.07, 6.45) is 3.39.